The Labute approximate surface area is 114 Å². The molecule has 0 aromatic carbocycles. The Hall–Kier alpha value is -0.850. The van der Waals surface area contributed by atoms with Gasteiger partial charge in [0.25, 0.3) is 0 Å². The lowest BCUT2D eigenvalue weighted by Crippen LogP contribution is -2.28. The quantitative estimate of drug-likeness (QED) is 0.855. The molecule has 1 heterocycles. The number of aliphatic hydroxyl groups is 1. The molecule has 1 aromatic rings. The molecule has 0 saturated heterocycles. The summed E-state index contributed by atoms with van der Waals surface area (Å²) in [5.74, 6) is 1.15. The van der Waals surface area contributed by atoms with Crippen molar-refractivity contribution >= 4 is 10.0 Å². The van der Waals surface area contributed by atoms with Crippen LogP contribution < -0.4 is 4.72 Å². The number of aryl methyl sites for hydroxylation is 1. The Balaban J connectivity index is 2.01. The average Bonchev–Trinajstić information content (AvgIpc) is 2.93. The molecule has 6 heteroatoms. The van der Waals surface area contributed by atoms with Crippen LogP contribution in [0.1, 0.15) is 31.9 Å². The van der Waals surface area contributed by atoms with Crippen LogP contribution in [0.5, 0.6) is 0 Å². The number of sulfonamides is 1. The van der Waals surface area contributed by atoms with E-state index in [9.17, 15) is 8.42 Å². The van der Waals surface area contributed by atoms with Crippen LogP contribution in [0.3, 0.4) is 0 Å². The predicted octanol–water partition coefficient (Wildman–Crippen LogP) is 1.23. The van der Waals surface area contributed by atoms with Crippen LogP contribution in [-0.2, 0) is 23.7 Å². The van der Waals surface area contributed by atoms with Gasteiger partial charge in [0.05, 0.1) is 11.5 Å². The smallest absolute Gasteiger partial charge is 0.242 e. The van der Waals surface area contributed by atoms with E-state index in [2.05, 4.69) is 11.6 Å². The van der Waals surface area contributed by atoms with Crippen molar-refractivity contribution in [3.63, 3.8) is 0 Å². The second kappa shape index (κ2) is 5.64. The lowest BCUT2D eigenvalue weighted by molar-refractivity contribution is 0.272. The standard InChI is InChI=1S/C13H22N2O3S/c1-10-3-4-11(5-10)7-14-19(17,18)13-6-12(9-16)15(2)8-13/h6,8,10-11,14,16H,3-5,7,9H2,1-2H3. The van der Waals surface area contributed by atoms with Crippen LogP contribution in [0.25, 0.3) is 0 Å². The fourth-order valence-corrected chi connectivity index (χ4v) is 3.91. The van der Waals surface area contributed by atoms with Crippen molar-refractivity contribution in [2.24, 2.45) is 18.9 Å². The van der Waals surface area contributed by atoms with Gasteiger partial charge in [-0.2, -0.15) is 0 Å². The molecule has 0 spiro atoms. The molecule has 1 aliphatic rings. The predicted molar refractivity (Wildman–Crippen MR) is 73.0 cm³/mol. The van der Waals surface area contributed by atoms with Crippen LogP contribution in [-0.4, -0.2) is 24.6 Å². The molecule has 0 bridgehead atoms. The first-order chi connectivity index (χ1) is 8.92. The molecule has 1 fully saturated rings. The third-order valence-electron chi connectivity index (χ3n) is 3.92. The van der Waals surface area contributed by atoms with Crippen molar-refractivity contribution in [3.8, 4) is 0 Å². The van der Waals surface area contributed by atoms with Gasteiger partial charge in [-0.15, -0.1) is 0 Å². The molecule has 108 valence electrons. The van der Waals surface area contributed by atoms with Gasteiger partial charge in [-0.25, -0.2) is 13.1 Å². The molecule has 0 radical (unpaired) electrons. The minimum absolute atomic E-state index is 0.161. The molecule has 0 aliphatic heterocycles. The van der Waals surface area contributed by atoms with Gasteiger partial charge in [-0.3, -0.25) is 0 Å². The number of nitrogens with zero attached hydrogens (tertiary/aromatic N) is 1. The largest absolute Gasteiger partial charge is 0.390 e. The van der Waals surface area contributed by atoms with Crippen molar-refractivity contribution in [1.82, 2.24) is 9.29 Å². The van der Waals surface area contributed by atoms with Crippen LogP contribution in [0, 0.1) is 11.8 Å². The summed E-state index contributed by atoms with van der Waals surface area (Å²) < 4.78 is 28.6. The minimum atomic E-state index is -3.46. The zero-order valence-electron chi connectivity index (χ0n) is 11.5. The summed E-state index contributed by atoms with van der Waals surface area (Å²) in [6.07, 6.45) is 4.91. The minimum Gasteiger partial charge on any atom is -0.390 e. The number of nitrogens with one attached hydrogen (secondary N) is 1. The molecule has 2 rings (SSSR count). The molecule has 19 heavy (non-hydrogen) atoms. The third kappa shape index (κ3) is 3.38. The maximum Gasteiger partial charge on any atom is 0.242 e. The normalized spacial score (nSPS) is 23.9. The summed E-state index contributed by atoms with van der Waals surface area (Å²) in [4.78, 5) is 0.227. The molecule has 1 aliphatic carbocycles. The second-order valence-electron chi connectivity index (χ2n) is 5.57. The van der Waals surface area contributed by atoms with Gasteiger partial charge in [0.15, 0.2) is 0 Å². The number of hydrogen-bond acceptors (Lipinski definition) is 3. The zero-order valence-corrected chi connectivity index (χ0v) is 12.3. The van der Waals surface area contributed by atoms with Crippen LogP contribution in [0.4, 0.5) is 0 Å². The Morgan fingerprint density at radius 2 is 2.21 bits per heavy atom. The number of aromatic nitrogens is 1. The molecule has 2 N–H and O–H groups in total. The van der Waals surface area contributed by atoms with Gasteiger partial charge >= 0.3 is 0 Å². The molecule has 2 atom stereocenters. The van der Waals surface area contributed by atoms with E-state index in [0.717, 1.165) is 12.8 Å². The lowest BCUT2D eigenvalue weighted by atomic mass is 10.1. The van der Waals surface area contributed by atoms with E-state index < -0.39 is 10.0 Å². The second-order valence-corrected chi connectivity index (χ2v) is 7.34. The Morgan fingerprint density at radius 3 is 2.74 bits per heavy atom. The van der Waals surface area contributed by atoms with Crippen molar-refractivity contribution in [2.45, 2.75) is 37.7 Å². The van der Waals surface area contributed by atoms with E-state index in [1.807, 2.05) is 0 Å². The van der Waals surface area contributed by atoms with Gasteiger partial charge in [0, 0.05) is 25.5 Å². The van der Waals surface area contributed by atoms with E-state index in [4.69, 9.17) is 5.11 Å². The first kappa shape index (κ1) is 14.6. The van der Waals surface area contributed by atoms with Gasteiger partial charge in [0.1, 0.15) is 0 Å². The van der Waals surface area contributed by atoms with Gasteiger partial charge in [-0.05, 0) is 30.7 Å². The van der Waals surface area contributed by atoms with E-state index >= 15 is 0 Å². The van der Waals surface area contributed by atoms with E-state index in [1.54, 1.807) is 11.6 Å². The Bertz CT molecular complexity index is 536. The maximum absolute atomic E-state index is 12.1. The average molecular weight is 286 g/mol. The topological polar surface area (TPSA) is 71.3 Å². The molecule has 1 aromatic heterocycles. The summed E-state index contributed by atoms with van der Waals surface area (Å²) >= 11 is 0. The molecule has 5 nitrogen and oxygen atoms in total. The van der Waals surface area contributed by atoms with Crippen LogP contribution >= 0.6 is 0 Å². The summed E-state index contributed by atoms with van der Waals surface area (Å²) in [5.41, 5.74) is 0.592. The highest BCUT2D eigenvalue weighted by molar-refractivity contribution is 7.89. The number of aliphatic hydroxyl groups excluding tert-OH is 1. The third-order valence-corrected chi connectivity index (χ3v) is 5.31. The summed E-state index contributed by atoms with van der Waals surface area (Å²) in [6.45, 7) is 2.56. The van der Waals surface area contributed by atoms with E-state index in [0.29, 0.717) is 24.1 Å². The molecule has 0 amide bonds. The highest BCUT2D eigenvalue weighted by Crippen LogP contribution is 2.29. The highest BCUT2D eigenvalue weighted by atomic mass is 32.2. The summed E-state index contributed by atoms with van der Waals surface area (Å²) in [6, 6.07) is 1.51. The van der Waals surface area contributed by atoms with Crippen molar-refractivity contribution in [1.29, 1.82) is 0 Å². The van der Waals surface area contributed by atoms with Gasteiger partial charge in [0.2, 0.25) is 10.0 Å². The van der Waals surface area contributed by atoms with Crippen molar-refractivity contribution < 1.29 is 13.5 Å². The van der Waals surface area contributed by atoms with E-state index in [1.165, 1.54) is 18.7 Å². The molecular weight excluding hydrogens is 264 g/mol. The SMILES string of the molecule is CC1CCC(CNS(=O)(=O)c2cc(CO)n(C)c2)C1. The fourth-order valence-electron chi connectivity index (χ4n) is 2.70. The number of rotatable bonds is 5. The number of hydrogen-bond donors (Lipinski definition) is 2. The molecule has 1 saturated carbocycles. The molecular formula is C13H22N2O3S. The van der Waals surface area contributed by atoms with Crippen LogP contribution in [0.2, 0.25) is 0 Å². The summed E-state index contributed by atoms with van der Waals surface area (Å²) in [5, 5.41) is 9.09. The first-order valence-corrected chi connectivity index (χ1v) is 8.16. The van der Waals surface area contributed by atoms with E-state index in [-0.39, 0.29) is 11.5 Å². The zero-order chi connectivity index (χ0) is 14.0. The van der Waals surface area contributed by atoms with Gasteiger partial charge < -0.3 is 9.67 Å². The maximum atomic E-state index is 12.1. The first-order valence-electron chi connectivity index (χ1n) is 6.68. The summed E-state index contributed by atoms with van der Waals surface area (Å²) in [7, 11) is -1.73. The highest BCUT2D eigenvalue weighted by Gasteiger charge is 2.24. The Kier molecular flexibility index (Phi) is 4.32. The fraction of sp³-hybridized carbons (Fsp3) is 0.692. The van der Waals surface area contributed by atoms with Crippen molar-refractivity contribution in [3.05, 3.63) is 18.0 Å². The molecule has 2 unspecified atom stereocenters. The van der Waals surface area contributed by atoms with Crippen LogP contribution in [0.15, 0.2) is 17.2 Å². The lowest BCUT2D eigenvalue weighted by Gasteiger charge is -2.10. The Morgan fingerprint density at radius 1 is 1.47 bits per heavy atom. The monoisotopic (exact) mass is 286 g/mol. The van der Waals surface area contributed by atoms with Crippen molar-refractivity contribution in [2.75, 3.05) is 6.54 Å². The van der Waals surface area contributed by atoms with Gasteiger partial charge in [-0.1, -0.05) is 13.3 Å².